The van der Waals surface area contributed by atoms with Crippen LogP contribution in [0, 0.1) is 12.7 Å². The molecular weight excluding hydrogens is 267 g/mol. The number of piperidine rings is 1. The van der Waals surface area contributed by atoms with Gasteiger partial charge in [-0.1, -0.05) is 18.6 Å². The fourth-order valence-corrected chi connectivity index (χ4v) is 3.01. The number of carbonyl (C=O) groups is 1. The van der Waals surface area contributed by atoms with Crippen LogP contribution in [-0.4, -0.2) is 48.4 Å². The predicted molar refractivity (Wildman–Crippen MR) is 83.0 cm³/mol. The van der Waals surface area contributed by atoms with E-state index >= 15 is 0 Å². The second kappa shape index (κ2) is 7.03. The second-order valence-electron chi connectivity index (χ2n) is 5.97. The SMILES string of the molecule is CCCN1CCC(N(C)C(=O)c2cc(C)ccc2F)CC1. The summed E-state index contributed by atoms with van der Waals surface area (Å²) in [6.45, 7) is 7.22. The molecule has 1 amide bonds. The lowest BCUT2D eigenvalue weighted by atomic mass is 10.0. The number of benzene rings is 1. The highest BCUT2D eigenvalue weighted by Gasteiger charge is 2.26. The summed E-state index contributed by atoms with van der Waals surface area (Å²) in [4.78, 5) is 16.7. The molecule has 116 valence electrons. The van der Waals surface area contributed by atoms with Crippen molar-refractivity contribution in [2.24, 2.45) is 0 Å². The summed E-state index contributed by atoms with van der Waals surface area (Å²) in [7, 11) is 1.80. The Labute approximate surface area is 126 Å². The highest BCUT2D eigenvalue weighted by molar-refractivity contribution is 5.94. The number of hydrogen-bond acceptors (Lipinski definition) is 2. The van der Waals surface area contributed by atoms with E-state index in [1.807, 2.05) is 6.92 Å². The monoisotopic (exact) mass is 292 g/mol. The van der Waals surface area contributed by atoms with Crippen LogP contribution in [0.15, 0.2) is 18.2 Å². The maximum absolute atomic E-state index is 13.9. The molecule has 0 radical (unpaired) electrons. The largest absolute Gasteiger partial charge is 0.339 e. The number of hydrogen-bond donors (Lipinski definition) is 0. The van der Waals surface area contributed by atoms with Gasteiger partial charge in [-0.05, 0) is 44.9 Å². The van der Waals surface area contributed by atoms with Crippen LogP contribution in [-0.2, 0) is 0 Å². The molecule has 3 nitrogen and oxygen atoms in total. The molecule has 1 aliphatic rings. The van der Waals surface area contributed by atoms with Gasteiger partial charge in [0.15, 0.2) is 0 Å². The van der Waals surface area contributed by atoms with Gasteiger partial charge in [0.25, 0.3) is 5.91 Å². The van der Waals surface area contributed by atoms with Crippen LogP contribution < -0.4 is 0 Å². The van der Waals surface area contributed by atoms with Crippen LogP contribution in [0.3, 0.4) is 0 Å². The Morgan fingerprint density at radius 1 is 1.38 bits per heavy atom. The minimum Gasteiger partial charge on any atom is -0.339 e. The molecule has 1 saturated heterocycles. The number of amides is 1. The van der Waals surface area contributed by atoms with Crippen LogP contribution in [0.5, 0.6) is 0 Å². The molecule has 1 aromatic carbocycles. The molecule has 0 unspecified atom stereocenters. The van der Waals surface area contributed by atoms with E-state index in [1.165, 1.54) is 6.07 Å². The molecule has 0 bridgehead atoms. The molecule has 4 heteroatoms. The zero-order valence-corrected chi connectivity index (χ0v) is 13.2. The number of halogens is 1. The molecule has 1 aliphatic heterocycles. The van der Waals surface area contributed by atoms with Crippen LogP contribution in [0.2, 0.25) is 0 Å². The molecule has 1 heterocycles. The Kier molecular flexibility index (Phi) is 5.34. The molecule has 0 saturated carbocycles. The van der Waals surface area contributed by atoms with Crippen molar-refractivity contribution >= 4 is 5.91 Å². The van der Waals surface area contributed by atoms with E-state index in [0.29, 0.717) is 0 Å². The van der Waals surface area contributed by atoms with Crippen molar-refractivity contribution in [3.8, 4) is 0 Å². The summed E-state index contributed by atoms with van der Waals surface area (Å²) in [6, 6.07) is 4.92. The molecule has 0 aliphatic carbocycles. The van der Waals surface area contributed by atoms with Crippen LogP contribution in [0.1, 0.15) is 42.1 Å². The second-order valence-corrected chi connectivity index (χ2v) is 5.97. The van der Waals surface area contributed by atoms with Gasteiger partial charge in [0.2, 0.25) is 0 Å². The van der Waals surface area contributed by atoms with Gasteiger partial charge in [-0.15, -0.1) is 0 Å². The van der Waals surface area contributed by atoms with Gasteiger partial charge in [0, 0.05) is 26.2 Å². The molecule has 21 heavy (non-hydrogen) atoms. The van der Waals surface area contributed by atoms with Crippen LogP contribution in [0.4, 0.5) is 4.39 Å². The van der Waals surface area contributed by atoms with E-state index in [1.54, 1.807) is 24.1 Å². The van der Waals surface area contributed by atoms with E-state index in [-0.39, 0.29) is 17.5 Å². The van der Waals surface area contributed by atoms with Gasteiger partial charge < -0.3 is 9.80 Å². The summed E-state index contributed by atoms with van der Waals surface area (Å²) in [5.74, 6) is -0.633. The molecule has 0 aromatic heterocycles. The first-order valence-electron chi connectivity index (χ1n) is 7.78. The Hall–Kier alpha value is -1.42. The summed E-state index contributed by atoms with van der Waals surface area (Å²) in [5.41, 5.74) is 1.10. The maximum Gasteiger partial charge on any atom is 0.256 e. The van der Waals surface area contributed by atoms with Crippen LogP contribution >= 0.6 is 0 Å². The molecule has 1 aromatic rings. The zero-order valence-electron chi connectivity index (χ0n) is 13.2. The van der Waals surface area contributed by atoms with Gasteiger partial charge >= 0.3 is 0 Å². The Morgan fingerprint density at radius 3 is 2.67 bits per heavy atom. The highest BCUT2D eigenvalue weighted by atomic mass is 19.1. The minimum absolute atomic E-state index is 0.188. The quantitative estimate of drug-likeness (QED) is 0.851. The highest BCUT2D eigenvalue weighted by Crippen LogP contribution is 2.19. The van der Waals surface area contributed by atoms with Crippen molar-refractivity contribution in [1.29, 1.82) is 0 Å². The van der Waals surface area contributed by atoms with Gasteiger partial charge in [0.1, 0.15) is 5.82 Å². The lowest BCUT2D eigenvalue weighted by molar-refractivity contribution is 0.0638. The van der Waals surface area contributed by atoms with Gasteiger partial charge in [-0.2, -0.15) is 0 Å². The van der Waals surface area contributed by atoms with Gasteiger partial charge in [0.05, 0.1) is 5.56 Å². The number of nitrogens with zero attached hydrogens (tertiary/aromatic N) is 2. The van der Waals surface area contributed by atoms with Gasteiger partial charge in [-0.3, -0.25) is 4.79 Å². The first kappa shape index (κ1) is 16.0. The minimum atomic E-state index is -0.430. The standard InChI is InChI=1S/C17H25FN2O/c1-4-9-20-10-7-14(8-11-20)19(3)17(21)15-12-13(2)5-6-16(15)18/h5-6,12,14H,4,7-11H2,1-3H3. The molecule has 1 fully saturated rings. The number of carbonyl (C=O) groups excluding carboxylic acids is 1. The average Bonchev–Trinajstić information content (AvgIpc) is 2.49. The van der Waals surface area contributed by atoms with Crippen molar-refractivity contribution in [2.75, 3.05) is 26.7 Å². The van der Waals surface area contributed by atoms with E-state index in [2.05, 4.69) is 11.8 Å². The molecule has 0 atom stereocenters. The summed E-state index contributed by atoms with van der Waals surface area (Å²) in [6.07, 6.45) is 3.10. The lowest BCUT2D eigenvalue weighted by Crippen LogP contribution is -2.45. The first-order valence-corrected chi connectivity index (χ1v) is 7.78. The van der Waals surface area contributed by atoms with Crippen molar-refractivity contribution in [3.63, 3.8) is 0 Å². The maximum atomic E-state index is 13.9. The summed E-state index contributed by atoms with van der Waals surface area (Å²) in [5, 5.41) is 0. The van der Waals surface area contributed by atoms with E-state index in [9.17, 15) is 9.18 Å². The number of aryl methyl sites for hydroxylation is 1. The summed E-state index contributed by atoms with van der Waals surface area (Å²) < 4.78 is 13.9. The Balaban J connectivity index is 2.01. The smallest absolute Gasteiger partial charge is 0.256 e. The van der Waals surface area contributed by atoms with Crippen molar-refractivity contribution in [3.05, 3.63) is 35.1 Å². The van der Waals surface area contributed by atoms with Crippen molar-refractivity contribution in [1.82, 2.24) is 9.80 Å². The third-order valence-electron chi connectivity index (χ3n) is 4.32. The van der Waals surface area contributed by atoms with Crippen LogP contribution in [0.25, 0.3) is 0 Å². The fourth-order valence-electron chi connectivity index (χ4n) is 3.01. The topological polar surface area (TPSA) is 23.6 Å². The molecule has 0 spiro atoms. The zero-order chi connectivity index (χ0) is 15.4. The van der Waals surface area contributed by atoms with E-state index in [4.69, 9.17) is 0 Å². The van der Waals surface area contributed by atoms with Gasteiger partial charge in [-0.25, -0.2) is 4.39 Å². The molecular formula is C17H25FN2O. The first-order chi connectivity index (χ1) is 10.0. The van der Waals surface area contributed by atoms with E-state index in [0.717, 1.165) is 44.5 Å². The number of rotatable bonds is 4. The fraction of sp³-hybridized carbons (Fsp3) is 0.588. The van der Waals surface area contributed by atoms with E-state index < -0.39 is 5.82 Å². The Morgan fingerprint density at radius 2 is 2.05 bits per heavy atom. The average molecular weight is 292 g/mol. The van der Waals surface area contributed by atoms with Crippen molar-refractivity contribution in [2.45, 2.75) is 39.2 Å². The predicted octanol–water partition coefficient (Wildman–Crippen LogP) is 3.08. The third kappa shape index (κ3) is 3.82. The molecule has 2 rings (SSSR count). The normalized spacial score (nSPS) is 17.0. The lowest BCUT2D eigenvalue weighted by Gasteiger charge is -2.36. The van der Waals surface area contributed by atoms with Crippen molar-refractivity contribution < 1.29 is 9.18 Å². The third-order valence-corrected chi connectivity index (χ3v) is 4.32. The molecule has 0 N–H and O–H groups in total. The summed E-state index contributed by atoms with van der Waals surface area (Å²) >= 11 is 0. The Bertz CT molecular complexity index is 496. The number of likely N-dealkylation sites (tertiary alicyclic amines) is 1.